The summed E-state index contributed by atoms with van der Waals surface area (Å²) >= 11 is 5.93. The molecule has 4 rings (SSSR count). The third-order valence-corrected chi connectivity index (χ3v) is 6.55. The van der Waals surface area contributed by atoms with Gasteiger partial charge in [0, 0.05) is 48.4 Å². The zero-order chi connectivity index (χ0) is 21.6. The molecule has 2 heterocycles. The van der Waals surface area contributed by atoms with Gasteiger partial charge in [-0.15, -0.1) is 0 Å². The van der Waals surface area contributed by atoms with Gasteiger partial charge in [-0.3, -0.25) is 4.79 Å². The maximum Gasteiger partial charge on any atom is 0.321 e. The summed E-state index contributed by atoms with van der Waals surface area (Å²) in [6.45, 7) is 3.10. The van der Waals surface area contributed by atoms with Crippen LogP contribution in [-0.4, -0.2) is 47.9 Å². The molecule has 0 spiro atoms. The van der Waals surface area contributed by atoms with Crippen molar-refractivity contribution in [2.75, 3.05) is 31.5 Å². The molecule has 2 aromatic rings. The highest BCUT2D eigenvalue weighted by atomic mass is 35.5. The number of carbonyl (C=O) groups is 2. The molecule has 2 aliphatic rings. The van der Waals surface area contributed by atoms with Gasteiger partial charge >= 0.3 is 6.03 Å². The van der Waals surface area contributed by atoms with Crippen LogP contribution < -0.4 is 5.32 Å². The molecule has 31 heavy (non-hydrogen) atoms. The van der Waals surface area contributed by atoms with Crippen molar-refractivity contribution in [2.24, 2.45) is 0 Å². The van der Waals surface area contributed by atoms with E-state index in [4.69, 9.17) is 11.6 Å². The van der Waals surface area contributed by atoms with Crippen LogP contribution >= 0.6 is 11.6 Å². The Bertz CT molecular complexity index is 907. The summed E-state index contributed by atoms with van der Waals surface area (Å²) in [4.78, 5) is 29.7. The van der Waals surface area contributed by atoms with Crippen molar-refractivity contribution in [3.63, 3.8) is 0 Å². The highest BCUT2D eigenvalue weighted by molar-refractivity contribution is 6.30. The molecule has 1 atom stereocenters. The van der Waals surface area contributed by atoms with E-state index >= 15 is 0 Å². The molecule has 0 radical (unpaired) electrons. The van der Waals surface area contributed by atoms with E-state index in [0.29, 0.717) is 11.6 Å². The number of urea groups is 1. The predicted molar refractivity (Wildman–Crippen MR) is 125 cm³/mol. The van der Waals surface area contributed by atoms with E-state index in [0.717, 1.165) is 62.1 Å². The first kappa shape index (κ1) is 21.7. The van der Waals surface area contributed by atoms with Crippen LogP contribution in [-0.2, 0) is 0 Å². The zero-order valence-corrected chi connectivity index (χ0v) is 18.6. The smallest absolute Gasteiger partial charge is 0.321 e. The summed E-state index contributed by atoms with van der Waals surface area (Å²) < 4.78 is 0. The maximum atomic E-state index is 13.0. The van der Waals surface area contributed by atoms with Gasteiger partial charge in [-0.25, -0.2) is 4.79 Å². The van der Waals surface area contributed by atoms with E-state index < -0.39 is 0 Å². The lowest BCUT2D eigenvalue weighted by molar-refractivity contribution is 0.0761. The fourth-order valence-corrected chi connectivity index (χ4v) is 4.68. The number of rotatable bonds is 3. The SMILES string of the molecule is O=C(Nc1ccc(Cl)cc1)N1CCCC(c2cccc(C(=O)N3CCCCCC3)c2)C1. The first-order valence-corrected chi connectivity index (χ1v) is 11.7. The van der Waals surface area contributed by atoms with Crippen LogP contribution in [0.1, 0.15) is 60.4 Å². The summed E-state index contributed by atoms with van der Waals surface area (Å²) in [6, 6.07) is 15.1. The summed E-state index contributed by atoms with van der Waals surface area (Å²) in [5.74, 6) is 0.374. The zero-order valence-electron chi connectivity index (χ0n) is 17.9. The van der Waals surface area contributed by atoms with Crippen molar-refractivity contribution in [2.45, 2.75) is 44.4 Å². The van der Waals surface area contributed by atoms with Gasteiger partial charge in [0.1, 0.15) is 0 Å². The molecule has 1 N–H and O–H groups in total. The standard InChI is InChI=1S/C25H30ClN3O2/c26-22-10-12-23(13-11-22)27-25(31)29-16-6-9-21(18-29)19-7-5-8-20(17-19)24(30)28-14-3-1-2-4-15-28/h5,7-8,10-13,17,21H,1-4,6,9,14-16,18H2,(H,27,31). The predicted octanol–water partition coefficient (Wildman–Crippen LogP) is 5.77. The lowest BCUT2D eigenvalue weighted by Crippen LogP contribution is -2.41. The number of hydrogen-bond acceptors (Lipinski definition) is 2. The summed E-state index contributed by atoms with van der Waals surface area (Å²) in [5, 5.41) is 3.60. The van der Waals surface area contributed by atoms with E-state index in [1.807, 2.05) is 28.0 Å². The van der Waals surface area contributed by atoms with Gasteiger partial charge in [-0.2, -0.15) is 0 Å². The van der Waals surface area contributed by atoms with Crippen LogP contribution in [0.5, 0.6) is 0 Å². The minimum absolute atomic E-state index is 0.0937. The van der Waals surface area contributed by atoms with Gasteiger partial charge in [0.15, 0.2) is 0 Å². The Morgan fingerprint density at radius 2 is 1.58 bits per heavy atom. The number of benzene rings is 2. The van der Waals surface area contributed by atoms with Gasteiger partial charge in [-0.05, 0) is 67.6 Å². The molecule has 2 saturated heterocycles. The Labute approximate surface area is 189 Å². The highest BCUT2D eigenvalue weighted by Crippen LogP contribution is 2.28. The van der Waals surface area contributed by atoms with Gasteiger partial charge in [-0.1, -0.05) is 36.6 Å². The second kappa shape index (κ2) is 10.2. The first-order chi connectivity index (χ1) is 15.1. The fraction of sp³-hybridized carbons (Fsp3) is 0.440. The molecule has 3 amide bonds. The number of anilines is 1. The van der Waals surface area contributed by atoms with E-state index in [9.17, 15) is 9.59 Å². The van der Waals surface area contributed by atoms with Gasteiger partial charge in [0.05, 0.1) is 0 Å². The third-order valence-electron chi connectivity index (χ3n) is 6.30. The molecule has 0 aliphatic carbocycles. The van der Waals surface area contributed by atoms with Crippen molar-refractivity contribution in [3.8, 4) is 0 Å². The fourth-order valence-electron chi connectivity index (χ4n) is 4.55. The minimum Gasteiger partial charge on any atom is -0.339 e. The molecule has 5 nitrogen and oxygen atoms in total. The van der Waals surface area contributed by atoms with Gasteiger partial charge < -0.3 is 15.1 Å². The minimum atomic E-state index is -0.0937. The summed E-state index contributed by atoms with van der Waals surface area (Å²) in [6.07, 6.45) is 6.56. The van der Waals surface area contributed by atoms with Crippen LogP contribution in [0.2, 0.25) is 5.02 Å². The number of amides is 3. The van der Waals surface area contributed by atoms with Crippen LogP contribution in [0.4, 0.5) is 10.5 Å². The molecule has 0 bridgehead atoms. The first-order valence-electron chi connectivity index (χ1n) is 11.3. The Kier molecular flexibility index (Phi) is 7.13. The van der Waals surface area contributed by atoms with Crippen molar-refractivity contribution < 1.29 is 9.59 Å². The van der Waals surface area contributed by atoms with Crippen LogP contribution in [0.3, 0.4) is 0 Å². The van der Waals surface area contributed by atoms with Crippen LogP contribution in [0.15, 0.2) is 48.5 Å². The number of hydrogen-bond donors (Lipinski definition) is 1. The molecular weight excluding hydrogens is 410 g/mol. The van der Waals surface area contributed by atoms with Crippen molar-refractivity contribution in [1.29, 1.82) is 0 Å². The number of carbonyl (C=O) groups excluding carboxylic acids is 2. The van der Waals surface area contributed by atoms with Crippen LogP contribution in [0, 0.1) is 0 Å². The molecule has 2 fully saturated rings. The number of nitrogens with zero attached hydrogens (tertiary/aromatic N) is 2. The monoisotopic (exact) mass is 439 g/mol. The van der Waals surface area contributed by atoms with E-state index in [1.54, 1.807) is 24.3 Å². The average Bonchev–Trinajstić information content (AvgIpc) is 3.10. The number of halogens is 1. The normalized spacial score (nSPS) is 19.6. The lowest BCUT2D eigenvalue weighted by atomic mass is 9.89. The van der Waals surface area contributed by atoms with Crippen molar-refractivity contribution in [3.05, 3.63) is 64.7 Å². The van der Waals surface area contributed by atoms with Gasteiger partial charge in [0.2, 0.25) is 0 Å². The Balaban J connectivity index is 1.42. The topological polar surface area (TPSA) is 52.7 Å². The Morgan fingerprint density at radius 3 is 2.32 bits per heavy atom. The van der Waals surface area contributed by atoms with Gasteiger partial charge in [0.25, 0.3) is 5.91 Å². The van der Waals surface area contributed by atoms with E-state index in [1.165, 1.54) is 12.8 Å². The molecular formula is C25H30ClN3O2. The highest BCUT2D eigenvalue weighted by Gasteiger charge is 2.26. The van der Waals surface area contributed by atoms with Crippen molar-refractivity contribution in [1.82, 2.24) is 9.80 Å². The molecule has 2 aromatic carbocycles. The number of piperidine rings is 1. The van der Waals surface area contributed by atoms with E-state index in [2.05, 4.69) is 11.4 Å². The molecule has 6 heteroatoms. The summed E-state index contributed by atoms with van der Waals surface area (Å²) in [5.41, 5.74) is 2.65. The molecule has 1 unspecified atom stereocenters. The maximum absolute atomic E-state index is 13.0. The summed E-state index contributed by atoms with van der Waals surface area (Å²) in [7, 11) is 0. The molecule has 164 valence electrons. The molecule has 0 aromatic heterocycles. The number of likely N-dealkylation sites (tertiary alicyclic amines) is 2. The number of nitrogens with one attached hydrogen (secondary N) is 1. The van der Waals surface area contributed by atoms with Crippen LogP contribution in [0.25, 0.3) is 0 Å². The lowest BCUT2D eigenvalue weighted by Gasteiger charge is -2.33. The molecule has 0 saturated carbocycles. The van der Waals surface area contributed by atoms with E-state index in [-0.39, 0.29) is 17.9 Å². The largest absolute Gasteiger partial charge is 0.339 e. The Morgan fingerprint density at radius 1 is 0.871 bits per heavy atom. The average molecular weight is 440 g/mol. The molecule has 2 aliphatic heterocycles. The second-order valence-electron chi connectivity index (χ2n) is 8.55. The third kappa shape index (κ3) is 5.59. The second-order valence-corrected chi connectivity index (χ2v) is 8.99. The Hall–Kier alpha value is -2.53. The quantitative estimate of drug-likeness (QED) is 0.660. The van der Waals surface area contributed by atoms with Crippen molar-refractivity contribution >= 4 is 29.2 Å².